The van der Waals surface area contributed by atoms with E-state index in [1.807, 2.05) is 13.0 Å². The molecule has 0 unspecified atom stereocenters. The van der Waals surface area contributed by atoms with Crippen LogP contribution in [0.2, 0.25) is 0 Å². The lowest BCUT2D eigenvalue weighted by atomic mass is 10.3. The van der Waals surface area contributed by atoms with Gasteiger partial charge in [0.2, 0.25) is 0 Å². The molecule has 0 aliphatic carbocycles. The van der Waals surface area contributed by atoms with Crippen LogP contribution < -0.4 is 4.90 Å². The van der Waals surface area contributed by atoms with Crippen LogP contribution >= 0.6 is 12.2 Å². The van der Waals surface area contributed by atoms with Crippen LogP contribution in [0.5, 0.6) is 0 Å². The van der Waals surface area contributed by atoms with Gasteiger partial charge in [-0.15, -0.1) is 0 Å². The van der Waals surface area contributed by atoms with E-state index in [4.69, 9.17) is 21.7 Å². The van der Waals surface area contributed by atoms with E-state index >= 15 is 0 Å². The van der Waals surface area contributed by atoms with Gasteiger partial charge in [-0.1, -0.05) is 12.2 Å². The van der Waals surface area contributed by atoms with Crippen LogP contribution in [0.3, 0.4) is 0 Å². The molecule has 1 fully saturated rings. The highest BCUT2D eigenvalue weighted by atomic mass is 32.1. The number of H-pyrrole nitrogens is 1. The third kappa shape index (κ3) is 3.76. The molecule has 0 spiro atoms. The van der Waals surface area contributed by atoms with Crippen molar-refractivity contribution in [1.29, 1.82) is 0 Å². The molecule has 0 amide bonds. The third-order valence-corrected chi connectivity index (χ3v) is 3.03. The number of anilines is 1. The Bertz CT molecular complexity index is 430. The Kier molecular flexibility index (Phi) is 5.10. The van der Waals surface area contributed by atoms with Gasteiger partial charge in [0.1, 0.15) is 16.3 Å². The summed E-state index contributed by atoms with van der Waals surface area (Å²) >= 11 is 5.21. The molecule has 1 N–H and O–H groups in total. The third-order valence-electron chi connectivity index (χ3n) is 2.82. The number of hydrogen-bond acceptors (Lipinski definition) is 5. The van der Waals surface area contributed by atoms with Crippen LogP contribution in [0.1, 0.15) is 12.7 Å². The second-order valence-corrected chi connectivity index (χ2v) is 4.52. The second kappa shape index (κ2) is 6.82. The molecule has 0 radical (unpaired) electrons. The van der Waals surface area contributed by atoms with Crippen molar-refractivity contribution in [3.8, 4) is 0 Å². The quantitative estimate of drug-likeness (QED) is 0.649. The molecule has 0 saturated carbocycles. The average molecular weight is 269 g/mol. The summed E-state index contributed by atoms with van der Waals surface area (Å²) in [5.41, 5.74) is 0. The minimum atomic E-state index is 0.627. The minimum absolute atomic E-state index is 0.627. The van der Waals surface area contributed by atoms with Gasteiger partial charge in [0.15, 0.2) is 0 Å². The van der Waals surface area contributed by atoms with E-state index < -0.39 is 0 Å². The molecule has 1 aliphatic rings. The van der Waals surface area contributed by atoms with E-state index in [1.165, 1.54) is 0 Å². The van der Waals surface area contributed by atoms with Gasteiger partial charge in [0, 0.05) is 32.2 Å². The van der Waals surface area contributed by atoms with Gasteiger partial charge in [-0.3, -0.25) is 0 Å². The number of nitrogens with one attached hydrogen (secondary N) is 1. The van der Waals surface area contributed by atoms with Crippen molar-refractivity contribution in [2.75, 3.05) is 44.4 Å². The second-order valence-electron chi connectivity index (χ2n) is 4.10. The molecule has 2 heterocycles. The van der Waals surface area contributed by atoms with Crippen LogP contribution in [-0.4, -0.2) is 49.5 Å². The maximum absolute atomic E-state index is 5.34. The van der Waals surface area contributed by atoms with E-state index in [-0.39, 0.29) is 0 Å². The SMILES string of the molecule is CCOCCc1nc(=S)cc(N2CCOCC2)[nH]1. The van der Waals surface area contributed by atoms with Gasteiger partial charge in [0.05, 0.1) is 19.8 Å². The lowest BCUT2D eigenvalue weighted by molar-refractivity contribution is 0.122. The molecule has 6 heteroatoms. The zero-order valence-electron chi connectivity index (χ0n) is 10.6. The summed E-state index contributed by atoms with van der Waals surface area (Å²) < 4.78 is 11.3. The first kappa shape index (κ1) is 13.5. The van der Waals surface area contributed by atoms with E-state index in [2.05, 4.69) is 14.9 Å². The molecule has 1 saturated heterocycles. The standard InChI is InChI=1S/C12H19N3O2S/c1-2-16-6-3-10-13-11(9-12(18)14-10)15-4-7-17-8-5-15/h9H,2-8H2,1H3,(H,13,14,18). The molecule has 5 nitrogen and oxygen atoms in total. The fourth-order valence-electron chi connectivity index (χ4n) is 1.90. The summed E-state index contributed by atoms with van der Waals surface area (Å²) in [6.45, 7) is 6.68. The summed E-state index contributed by atoms with van der Waals surface area (Å²) in [6.07, 6.45) is 0.760. The van der Waals surface area contributed by atoms with Crippen molar-refractivity contribution in [2.24, 2.45) is 0 Å². The molecule has 2 rings (SSSR count). The molecule has 1 aliphatic heterocycles. The Morgan fingerprint density at radius 1 is 1.50 bits per heavy atom. The summed E-state index contributed by atoms with van der Waals surface area (Å²) in [4.78, 5) is 9.89. The minimum Gasteiger partial charge on any atom is -0.381 e. The van der Waals surface area contributed by atoms with Crippen molar-refractivity contribution in [1.82, 2.24) is 9.97 Å². The Balaban J connectivity index is 2.07. The van der Waals surface area contributed by atoms with Gasteiger partial charge in [-0.25, -0.2) is 4.98 Å². The van der Waals surface area contributed by atoms with Crippen molar-refractivity contribution >= 4 is 18.0 Å². The summed E-state index contributed by atoms with van der Waals surface area (Å²) in [6, 6.07) is 1.91. The van der Waals surface area contributed by atoms with Crippen molar-refractivity contribution in [3.05, 3.63) is 16.5 Å². The molecule has 18 heavy (non-hydrogen) atoms. The maximum atomic E-state index is 5.34. The predicted molar refractivity (Wildman–Crippen MR) is 72.7 cm³/mol. The monoisotopic (exact) mass is 269 g/mol. The zero-order valence-corrected chi connectivity index (χ0v) is 11.5. The van der Waals surface area contributed by atoms with Gasteiger partial charge in [0.25, 0.3) is 0 Å². The van der Waals surface area contributed by atoms with Gasteiger partial charge in [-0.2, -0.15) is 0 Å². The normalized spacial score (nSPS) is 15.9. The van der Waals surface area contributed by atoms with Gasteiger partial charge < -0.3 is 19.4 Å². The largest absolute Gasteiger partial charge is 0.381 e. The van der Waals surface area contributed by atoms with Crippen LogP contribution in [-0.2, 0) is 15.9 Å². The fraction of sp³-hybridized carbons (Fsp3) is 0.667. The molecular weight excluding hydrogens is 250 g/mol. The first-order valence-corrected chi connectivity index (χ1v) is 6.71. The molecular formula is C12H19N3O2S. The molecule has 100 valence electrons. The lowest BCUT2D eigenvalue weighted by Crippen LogP contribution is -2.37. The fourth-order valence-corrected chi connectivity index (χ4v) is 2.12. The number of ether oxygens (including phenoxy) is 2. The van der Waals surface area contributed by atoms with Crippen LogP contribution in [0.25, 0.3) is 0 Å². The van der Waals surface area contributed by atoms with E-state index in [0.29, 0.717) is 11.2 Å². The van der Waals surface area contributed by atoms with E-state index in [0.717, 1.165) is 51.0 Å². The van der Waals surface area contributed by atoms with Crippen molar-refractivity contribution in [3.63, 3.8) is 0 Å². The Morgan fingerprint density at radius 3 is 3.00 bits per heavy atom. The van der Waals surface area contributed by atoms with Crippen LogP contribution in [0.15, 0.2) is 6.07 Å². The van der Waals surface area contributed by atoms with Gasteiger partial charge >= 0.3 is 0 Å². The number of aromatic amines is 1. The smallest absolute Gasteiger partial charge is 0.131 e. The summed E-state index contributed by atoms with van der Waals surface area (Å²) in [5.74, 6) is 1.92. The van der Waals surface area contributed by atoms with E-state index in [1.54, 1.807) is 0 Å². The topological polar surface area (TPSA) is 50.4 Å². The van der Waals surface area contributed by atoms with Crippen LogP contribution in [0.4, 0.5) is 5.82 Å². The highest BCUT2D eigenvalue weighted by Gasteiger charge is 2.12. The highest BCUT2D eigenvalue weighted by molar-refractivity contribution is 7.71. The highest BCUT2D eigenvalue weighted by Crippen LogP contribution is 2.13. The summed E-state index contributed by atoms with van der Waals surface area (Å²) in [7, 11) is 0. The molecule has 0 bridgehead atoms. The van der Waals surface area contributed by atoms with Crippen molar-refractivity contribution in [2.45, 2.75) is 13.3 Å². The first-order valence-electron chi connectivity index (χ1n) is 6.30. The molecule has 1 aromatic rings. The maximum Gasteiger partial charge on any atom is 0.131 e. The summed E-state index contributed by atoms with van der Waals surface area (Å²) in [5, 5.41) is 0. The number of hydrogen-bond donors (Lipinski definition) is 1. The Morgan fingerprint density at radius 2 is 2.28 bits per heavy atom. The molecule has 1 aromatic heterocycles. The lowest BCUT2D eigenvalue weighted by Gasteiger charge is -2.28. The van der Waals surface area contributed by atoms with Crippen molar-refractivity contribution < 1.29 is 9.47 Å². The van der Waals surface area contributed by atoms with E-state index in [9.17, 15) is 0 Å². The number of nitrogens with zero attached hydrogens (tertiary/aromatic N) is 2. The molecule has 0 aromatic carbocycles. The molecule has 0 atom stereocenters. The Labute approximate surface area is 112 Å². The first-order chi connectivity index (χ1) is 8.79. The zero-order chi connectivity index (χ0) is 12.8. The number of morpholine rings is 1. The number of rotatable bonds is 5. The Hall–Kier alpha value is -0.980. The van der Waals surface area contributed by atoms with Gasteiger partial charge in [-0.05, 0) is 6.92 Å². The predicted octanol–water partition coefficient (Wildman–Crippen LogP) is 1.55. The van der Waals surface area contributed by atoms with Crippen LogP contribution in [0, 0.1) is 4.64 Å². The number of aromatic nitrogens is 2. The average Bonchev–Trinajstić information content (AvgIpc) is 2.39.